The number of pyridine rings is 1. The zero-order chi connectivity index (χ0) is 42.1. The summed E-state index contributed by atoms with van der Waals surface area (Å²) in [5.41, 5.74) is 14.9. The van der Waals surface area contributed by atoms with Crippen molar-refractivity contribution in [3.8, 4) is 50.6 Å². The topological polar surface area (TPSA) is 43.9 Å². The molecule has 309 valence electrons. The van der Waals surface area contributed by atoms with Crippen LogP contribution in [-0.2, 0) is 26.5 Å². The largest absolute Gasteiger partial charge is 0.477 e. The van der Waals surface area contributed by atoms with E-state index in [2.05, 4.69) is 188 Å². The van der Waals surface area contributed by atoms with Crippen molar-refractivity contribution in [3.63, 3.8) is 0 Å². The van der Waals surface area contributed by atoms with Crippen LogP contribution in [0.4, 0.5) is 0 Å². The normalized spacial score (nSPS) is 11.5. The second kappa shape index (κ2) is 18.2. The standard InChI is InChI=1S/C38H25N2O.C18H24GeN.Ir/c1-25-23-28(24-35-36(25)31-17-8-11-22-34(31)41-35)38-39-32-20-9-10-21-33(32)40(38)37-29(26-13-4-2-5-14-26)18-12-19-30(37)27-15-6-3-7-16-27;1-14(2)11-16-12-18(15-9-7-6-8-10-15)20-13-17(16)19(3,4)5;/h2-23H,1H3;6-9,12-14H,11H2,1-5H3;/q2*-1;. The molecule has 0 amide bonds. The number of aryl methyl sites for hydroxylation is 1. The number of hydrogen-bond acceptors (Lipinski definition) is 3. The first-order valence-corrected chi connectivity index (χ1v) is 28.5. The van der Waals surface area contributed by atoms with Gasteiger partial charge in [0.1, 0.15) is 5.58 Å². The van der Waals surface area contributed by atoms with E-state index in [1.165, 1.54) is 5.56 Å². The molecule has 0 atom stereocenters. The average molecular weight is 1040 g/mol. The van der Waals surface area contributed by atoms with Gasteiger partial charge in [0.2, 0.25) is 0 Å². The molecule has 0 unspecified atom stereocenters. The summed E-state index contributed by atoms with van der Waals surface area (Å²) in [4.78, 5) is 9.92. The van der Waals surface area contributed by atoms with Crippen molar-refractivity contribution >= 4 is 50.6 Å². The van der Waals surface area contributed by atoms with Crippen LogP contribution in [0.1, 0.15) is 25.0 Å². The molecule has 3 aromatic heterocycles. The predicted octanol–water partition coefficient (Wildman–Crippen LogP) is 14.3. The van der Waals surface area contributed by atoms with Gasteiger partial charge in [-0.25, -0.2) is 0 Å². The Morgan fingerprint density at radius 2 is 1.34 bits per heavy atom. The SMILES string of the molecule is CC(C)Cc1cc(-c2[c-]cccc2)nc[c]1[Ge]([CH3])([CH3])[CH3].Cc1cc(-c2nc3ccccc3n2-c2c(-c3ccccc3)cccc2-c2ccccc2)[c-]c2oc3ccccc3c12.[Ir]. The first-order valence-electron chi connectivity index (χ1n) is 21.2. The molecule has 4 nitrogen and oxygen atoms in total. The van der Waals surface area contributed by atoms with Gasteiger partial charge in [0, 0.05) is 31.2 Å². The molecule has 62 heavy (non-hydrogen) atoms. The van der Waals surface area contributed by atoms with E-state index >= 15 is 0 Å². The van der Waals surface area contributed by atoms with Crippen LogP contribution >= 0.6 is 0 Å². The number of aromatic nitrogens is 3. The molecule has 0 aliphatic rings. The molecule has 10 aromatic rings. The Morgan fingerprint density at radius 3 is 2.00 bits per heavy atom. The van der Waals surface area contributed by atoms with E-state index in [-0.39, 0.29) is 20.1 Å². The molecule has 0 fully saturated rings. The van der Waals surface area contributed by atoms with Gasteiger partial charge in [-0.15, -0.1) is 17.2 Å². The third-order valence-electron chi connectivity index (χ3n) is 11.2. The third kappa shape index (κ3) is 8.63. The minimum atomic E-state index is -1.86. The second-order valence-corrected chi connectivity index (χ2v) is 27.8. The maximum atomic E-state index is 6.31. The number of imidazole rings is 1. The van der Waals surface area contributed by atoms with Crippen molar-refractivity contribution < 1.29 is 24.5 Å². The Morgan fingerprint density at radius 1 is 0.694 bits per heavy atom. The smallest absolute Gasteiger partial charge is 0.123 e. The molecule has 0 N–H and O–H groups in total. The van der Waals surface area contributed by atoms with Crippen LogP contribution in [0, 0.1) is 25.0 Å². The maximum Gasteiger partial charge on any atom is 0.123 e. The zero-order valence-corrected chi connectivity index (χ0v) is 40.5. The van der Waals surface area contributed by atoms with Crippen molar-refractivity contribution in [3.05, 3.63) is 193 Å². The molecule has 10 rings (SSSR count). The van der Waals surface area contributed by atoms with E-state index in [0.29, 0.717) is 5.92 Å². The van der Waals surface area contributed by atoms with Gasteiger partial charge < -0.3 is 8.98 Å². The molecule has 0 aliphatic carbocycles. The summed E-state index contributed by atoms with van der Waals surface area (Å²) in [7, 11) is 0. The summed E-state index contributed by atoms with van der Waals surface area (Å²) < 4.78 is 10.2. The fourth-order valence-electron chi connectivity index (χ4n) is 8.49. The van der Waals surface area contributed by atoms with Crippen molar-refractivity contribution in [2.24, 2.45) is 5.92 Å². The van der Waals surface area contributed by atoms with E-state index in [1.807, 2.05) is 36.4 Å². The van der Waals surface area contributed by atoms with E-state index in [0.717, 1.165) is 95.5 Å². The van der Waals surface area contributed by atoms with E-state index in [1.54, 1.807) is 4.40 Å². The molecule has 3 heterocycles. The summed E-state index contributed by atoms with van der Waals surface area (Å²) in [6, 6.07) is 63.7. The maximum absolute atomic E-state index is 6.31. The van der Waals surface area contributed by atoms with Gasteiger partial charge in [-0.1, -0.05) is 128 Å². The van der Waals surface area contributed by atoms with E-state index < -0.39 is 13.3 Å². The quantitative estimate of drug-likeness (QED) is 0.113. The van der Waals surface area contributed by atoms with Gasteiger partial charge >= 0.3 is 126 Å². The summed E-state index contributed by atoms with van der Waals surface area (Å²) in [6.07, 6.45) is 3.27. The Kier molecular flexibility index (Phi) is 12.6. The van der Waals surface area contributed by atoms with E-state index in [4.69, 9.17) is 14.4 Å². The van der Waals surface area contributed by atoms with Crippen molar-refractivity contribution in [1.82, 2.24) is 14.5 Å². The summed E-state index contributed by atoms with van der Waals surface area (Å²) in [6.45, 7) is 6.71. The summed E-state index contributed by atoms with van der Waals surface area (Å²) >= 11 is -1.86. The second-order valence-electron chi connectivity index (χ2n) is 17.2. The van der Waals surface area contributed by atoms with Crippen molar-refractivity contribution in [2.45, 2.75) is 44.5 Å². The van der Waals surface area contributed by atoms with Crippen LogP contribution < -0.4 is 4.40 Å². The van der Waals surface area contributed by atoms with Crippen LogP contribution in [0.2, 0.25) is 17.3 Å². The molecule has 0 aliphatic heterocycles. The van der Waals surface area contributed by atoms with Gasteiger partial charge in [0.05, 0.1) is 28.1 Å². The molecule has 1 radical (unpaired) electrons. The monoisotopic (exact) mass is 1050 g/mol. The van der Waals surface area contributed by atoms with Crippen LogP contribution in [0.25, 0.3) is 83.6 Å². The van der Waals surface area contributed by atoms with Crippen LogP contribution in [-0.4, -0.2) is 27.8 Å². The molecule has 6 heteroatoms. The first kappa shape index (κ1) is 42.8. The minimum Gasteiger partial charge on any atom is -0.477 e. The summed E-state index contributed by atoms with van der Waals surface area (Å²) in [5, 5.41) is 2.21. The number of hydrogen-bond donors (Lipinski definition) is 0. The van der Waals surface area contributed by atoms with Gasteiger partial charge in [-0.2, -0.15) is 0 Å². The zero-order valence-electron chi connectivity index (χ0n) is 36.0. The van der Waals surface area contributed by atoms with Crippen LogP contribution in [0.5, 0.6) is 0 Å². The van der Waals surface area contributed by atoms with Crippen molar-refractivity contribution in [1.29, 1.82) is 0 Å². The van der Waals surface area contributed by atoms with Gasteiger partial charge in [-0.05, 0) is 34.7 Å². The number of nitrogens with zero attached hydrogens (tertiary/aromatic N) is 3. The van der Waals surface area contributed by atoms with Crippen LogP contribution in [0.15, 0.2) is 174 Å². The van der Waals surface area contributed by atoms with Gasteiger partial charge in [0.25, 0.3) is 0 Å². The average Bonchev–Trinajstić information content (AvgIpc) is 3.86. The molecule has 7 aromatic carbocycles. The number of para-hydroxylation sites is 4. The van der Waals surface area contributed by atoms with Crippen LogP contribution in [0.3, 0.4) is 0 Å². The Hall–Kier alpha value is -5.85. The predicted molar refractivity (Wildman–Crippen MR) is 258 cm³/mol. The van der Waals surface area contributed by atoms with Gasteiger partial charge in [-0.3, -0.25) is 4.98 Å². The fourth-order valence-corrected chi connectivity index (χ4v) is 11.8. The first-order chi connectivity index (χ1) is 29.6. The summed E-state index contributed by atoms with van der Waals surface area (Å²) in [5.74, 6) is 8.82. The Balaban J connectivity index is 0.000000214. The van der Waals surface area contributed by atoms with E-state index in [9.17, 15) is 0 Å². The van der Waals surface area contributed by atoms with Crippen molar-refractivity contribution in [2.75, 3.05) is 0 Å². The number of rotatable bonds is 8. The molecule has 0 saturated carbocycles. The number of fused-ring (bicyclic) bond motifs is 4. The molecule has 0 saturated heterocycles. The third-order valence-corrected chi connectivity index (χ3v) is 15.6. The molecule has 0 spiro atoms. The van der Waals surface area contributed by atoms with Gasteiger partial charge in [0.15, 0.2) is 0 Å². The number of furan rings is 1. The molecular weight excluding hydrogens is 995 g/mol. The number of benzene rings is 7. The Bertz CT molecular complexity index is 3070. The molecule has 0 bridgehead atoms. The Labute approximate surface area is 381 Å². The fraction of sp³-hybridized carbons (Fsp3) is 0.143. The molecular formula is C56H49GeIrN3O-2. The minimum absolute atomic E-state index is 0.